The summed E-state index contributed by atoms with van der Waals surface area (Å²) < 4.78 is 27.0. The molecule has 3 aromatic rings. The second kappa shape index (κ2) is 10.0. The van der Waals surface area contributed by atoms with E-state index in [1.807, 2.05) is 25.1 Å². The van der Waals surface area contributed by atoms with Crippen molar-refractivity contribution in [2.24, 2.45) is 0 Å². The molecule has 0 fully saturated rings. The Morgan fingerprint density at radius 2 is 1.56 bits per heavy atom. The van der Waals surface area contributed by atoms with Gasteiger partial charge in [-0.1, -0.05) is 18.2 Å². The Morgan fingerprint density at radius 3 is 2.19 bits per heavy atom. The second-order valence-electron chi connectivity index (χ2n) is 7.71. The molecule has 0 atom stereocenters. The number of nitrogens with zero attached hydrogens (tertiary/aromatic N) is 2. The summed E-state index contributed by atoms with van der Waals surface area (Å²) in [7, 11) is 3.77. The lowest BCUT2D eigenvalue weighted by Gasteiger charge is -2.25. The number of rotatable bonds is 7. The van der Waals surface area contributed by atoms with Crippen molar-refractivity contribution in [1.29, 1.82) is 0 Å². The van der Waals surface area contributed by atoms with E-state index in [1.54, 1.807) is 29.2 Å². The molecule has 0 aromatic heterocycles. The van der Waals surface area contributed by atoms with Gasteiger partial charge in [-0.05, 0) is 59.7 Å². The monoisotopic (exact) mass is 437 g/mol. The summed E-state index contributed by atoms with van der Waals surface area (Å²) in [6.45, 7) is 1.98. The summed E-state index contributed by atoms with van der Waals surface area (Å²) in [4.78, 5) is 28.3. The van der Waals surface area contributed by atoms with Gasteiger partial charge in [0, 0.05) is 51.0 Å². The van der Waals surface area contributed by atoms with Crippen LogP contribution in [0.3, 0.4) is 0 Å². The van der Waals surface area contributed by atoms with Crippen LogP contribution in [0.4, 0.5) is 20.2 Å². The molecule has 0 aliphatic rings. The van der Waals surface area contributed by atoms with Crippen LogP contribution in [0.1, 0.15) is 28.4 Å². The van der Waals surface area contributed by atoms with Gasteiger partial charge in [-0.3, -0.25) is 9.59 Å². The zero-order chi connectivity index (χ0) is 23.3. The van der Waals surface area contributed by atoms with E-state index in [2.05, 4.69) is 5.32 Å². The van der Waals surface area contributed by atoms with E-state index in [-0.39, 0.29) is 30.4 Å². The number of benzene rings is 3. The fourth-order valence-corrected chi connectivity index (χ4v) is 3.40. The molecule has 0 bridgehead atoms. The quantitative estimate of drug-likeness (QED) is 0.576. The third kappa shape index (κ3) is 5.91. The Balaban J connectivity index is 1.86. The molecule has 0 saturated carbocycles. The maximum Gasteiger partial charge on any atom is 0.255 e. The van der Waals surface area contributed by atoms with Crippen LogP contribution in [0.25, 0.3) is 0 Å². The number of carbonyl (C=O) groups is 2. The van der Waals surface area contributed by atoms with Crippen molar-refractivity contribution in [2.45, 2.75) is 20.0 Å². The number of anilines is 2. The molecule has 166 valence electrons. The van der Waals surface area contributed by atoms with Crippen molar-refractivity contribution in [3.63, 3.8) is 0 Å². The first-order chi connectivity index (χ1) is 15.2. The molecule has 32 heavy (non-hydrogen) atoms. The third-order valence-electron chi connectivity index (χ3n) is 4.97. The molecule has 0 heterocycles. The molecular formula is C25H25F2N3O2. The largest absolute Gasteiger partial charge is 0.377 e. The number of amides is 2. The minimum Gasteiger partial charge on any atom is -0.377 e. The highest BCUT2D eigenvalue weighted by Crippen LogP contribution is 2.26. The van der Waals surface area contributed by atoms with Crippen LogP contribution < -0.4 is 10.2 Å². The summed E-state index contributed by atoms with van der Waals surface area (Å²) in [6, 6.07) is 17.0. The van der Waals surface area contributed by atoms with Crippen LogP contribution in [0.2, 0.25) is 0 Å². The summed E-state index contributed by atoms with van der Waals surface area (Å²) in [5.74, 6) is -1.44. The topological polar surface area (TPSA) is 52.7 Å². The van der Waals surface area contributed by atoms with Crippen molar-refractivity contribution >= 4 is 23.2 Å². The van der Waals surface area contributed by atoms with Gasteiger partial charge in [0.2, 0.25) is 5.91 Å². The zero-order valence-corrected chi connectivity index (χ0v) is 18.2. The Labute approximate surface area is 186 Å². The molecular weight excluding hydrogens is 412 g/mol. The van der Waals surface area contributed by atoms with Gasteiger partial charge in [0.1, 0.15) is 11.6 Å². The van der Waals surface area contributed by atoms with Crippen molar-refractivity contribution < 1.29 is 18.4 Å². The second-order valence-corrected chi connectivity index (χ2v) is 7.71. The average Bonchev–Trinajstić information content (AvgIpc) is 2.73. The van der Waals surface area contributed by atoms with Crippen LogP contribution in [-0.4, -0.2) is 30.8 Å². The van der Waals surface area contributed by atoms with Crippen LogP contribution in [-0.2, 0) is 17.9 Å². The molecule has 0 aliphatic heterocycles. The molecule has 2 amide bonds. The summed E-state index contributed by atoms with van der Waals surface area (Å²) in [5.41, 5.74) is 3.09. The van der Waals surface area contributed by atoms with Gasteiger partial charge in [-0.25, -0.2) is 8.78 Å². The minimum atomic E-state index is -0.490. The number of hydrogen-bond acceptors (Lipinski definition) is 3. The number of halogens is 2. The van der Waals surface area contributed by atoms with Crippen molar-refractivity contribution in [3.8, 4) is 0 Å². The van der Waals surface area contributed by atoms with Gasteiger partial charge in [0.05, 0.1) is 0 Å². The van der Waals surface area contributed by atoms with Gasteiger partial charge in [0.25, 0.3) is 5.91 Å². The summed E-state index contributed by atoms with van der Waals surface area (Å²) in [5, 5.41) is 2.77. The molecule has 0 aliphatic carbocycles. The fraction of sp³-hybridized carbons (Fsp3) is 0.200. The van der Waals surface area contributed by atoms with Gasteiger partial charge in [-0.2, -0.15) is 0 Å². The van der Waals surface area contributed by atoms with Crippen molar-refractivity contribution in [1.82, 2.24) is 4.90 Å². The molecule has 0 spiro atoms. The van der Waals surface area contributed by atoms with Crippen molar-refractivity contribution in [2.75, 3.05) is 24.3 Å². The molecule has 3 rings (SSSR count). The van der Waals surface area contributed by atoms with Crippen LogP contribution in [0.5, 0.6) is 0 Å². The Bertz CT molecular complexity index is 1130. The van der Waals surface area contributed by atoms with Crippen LogP contribution in [0.15, 0.2) is 66.7 Å². The SMILES string of the molecule is CC(=O)N(Cc1cccc(F)c1)Cc1cc(NC(=O)c2cccc(F)c2)ccc1N(C)C. The van der Waals surface area contributed by atoms with E-state index in [4.69, 9.17) is 0 Å². The highest BCUT2D eigenvalue weighted by Gasteiger charge is 2.16. The summed E-state index contributed by atoms with van der Waals surface area (Å²) in [6.07, 6.45) is 0. The maximum atomic E-state index is 13.6. The Kier molecular flexibility index (Phi) is 7.20. The van der Waals surface area contributed by atoms with E-state index >= 15 is 0 Å². The average molecular weight is 437 g/mol. The molecule has 5 nitrogen and oxygen atoms in total. The highest BCUT2D eigenvalue weighted by molar-refractivity contribution is 6.04. The molecule has 0 unspecified atom stereocenters. The third-order valence-corrected chi connectivity index (χ3v) is 4.97. The Morgan fingerprint density at radius 1 is 0.875 bits per heavy atom. The lowest BCUT2D eigenvalue weighted by atomic mass is 10.1. The Hall–Kier alpha value is -3.74. The first-order valence-electron chi connectivity index (χ1n) is 10.1. The first kappa shape index (κ1) is 22.9. The molecule has 7 heteroatoms. The van der Waals surface area contributed by atoms with Gasteiger partial charge >= 0.3 is 0 Å². The summed E-state index contributed by atoms with van der Waals surface area (Å²) >= 11 is 0. The molecule has 0 saturated heterocycles. The highest BCUT2D eigenvalue weighted by atomic mass is 19.1. The van der Waals surface area contributed by atoms with E-state index in [0.29, 0.717) is 11.3 Å². The lowest BCUT2D eigenvalue weighted by molar-refractivity contribution is -0.130. The standard InChI is InChI=1S/C25H25F2N3O2/c1-17(31)30(15-18-6-4-8-21(26)12-18)16-20-14-23(10-11-24(20)29(2)3)28-25(32)19-7-5-9-22(27)13-19/h4-14H,15-16H2,1-3H3,(H,28,32). The van der Waals surface area contributed by atoms with Gasteiger partial charge in [0.15, 0.2) is 0 Å². The van der Waals surface area contributed by atoms with Crippen molar-refractivity contribution in [3.05, 3.63) is 95.1 Å². The zero-order valence-electron chi connectivity index (χ0n) is 18.2. The minimum absolute atomic E-state index is 0.159. The molecule has 0 radical (unpaired) electrons. The van der Waals surface area contributed by atoms with E-state index in [9.17, 15) is 18.4 Å². The predicted molar refractivity (Wildman–Crippen MR) is 121 cm³/mol. The van der Waals surface area contributed by atoms with E-state index in [0.717, 1.165) is 11.3 Å². The van der Waals surface area contributed by atoms with Crippen LogP contribution >= 0.6 is 0 Å². The number of carbonyl (C=O) groups excluding carboxylic acids is 2. The molecule has 1 N–H and O–H groups in total. The smallest absolute Gasteiger partial charge is 0.255 e. The van der Waals surface area contributed by atoms with Crippen LogP contribution in [0, 0.1) is 11.6 Å². The number of nitrogens with one attached hydrogen (secondary N) is 1. The van der Waals surface area contributed by atoms with E-state index < -0.39 is 11.7 Å². The van der Waals surface area contributed by atoms with Gasteiger partial charge in [-0.15, -0.1) is 0 Å². The predicted octanol–water partition coefficient (Wildman–Crippen LogP) is 4.83. The fourth-order valence-electron chi connectivity index (χ4n) is 3.40. The van der Waals surface area contributed by atoms with E-state index in [1.165, 1.54) is 43.3 Å². The molecule has 3 aromatic carbocycles. The maximum absolute atomic E-state index is 13.6. The first-order valence-corrected chi connectivity index (χ1v) is 10.1. The number of hydrogen-bond donors (Lipinski definition) is 1. The van der Waals surface area contributed by atoms with Gasteiger partial charge < -0.3 is 15.1 Å². The lowest BCUT2D eigenvalue weighted by Crippen LogP contribution is -2.28. The normalized spacial score (nSPS) is 10.5.